The predicted octanol–water partition coefficient (Wildman–Crippen LogP) is -0.346. The molecular weight excluding hydrogens is 124 g/mol. The van der Waals surface area contributed by atoms with E-state index in [0.29, 0.717) is 0 Å². The Morgan fingerprint density at radius 2 is 1.44 bits per heavy atom. The summed E-state index contributed by atoms with van der Waals surface area (Å²) in [4.78, 5) is 0. The second-order valence-electron chi connectivity index (χ2n) is 1.65. The van der Waals surface area contributed by atoms with Crippen LogP contribution in [0, 0.1) is 0 Å². The maximum atomic E-state index is 8.48. The van der Waals surface area contributed by atoms with Gasteiger partial charge in [-0.3, -0.25) is 0 Å². The summed E-state index contributed by atoms with van der Waals surface area (Å²) in [7, 11) is 0. The van der Waals surface area contributed by atoms with Crippen LogP contribution in [0.15, 0.2) is 0 Å². The summed E-state index contributed by atoms with van der Waals surface area (Å²) in [5.41, 5.74) is 0. The molecule has 0 aromatic rings. The summed E-state index contributed by atoms with van der Waals surface area (Å²) >= 11 is 0. The van der Waals surface area contributed by atoms with E-state index in [4.69, 9.17) is 10.2 Å². The molecule has 0 amide bonds. The molecule has 4 heteroatoms. The molecular formula is C5H12O4. The fraction of sp³-hybridized carbons (Fsp3) is 1.00. The average molecular weight is 136 g/mol. The number of ether oxygens (including phenoxy) is 2. The first kappa shape index (κ1) is 8.84. The monoisotopic (exact) mass is 136 g/mol. The highest BCUT2D eigenvalue weighted by Crippen LogP contribution is 1.87. The van der Waals surface area contributed by atoms with Crippen LogP contribution in [-0.2, 0) is 9.47 Å². The molecule has 0 aliphatic carbocycles. The van der Waals surface area contributed by atoms with Crippen molar-refractivity contribution in [2.75, 3.05) is 6.79 Å². The van der Waals surface area contributed by atoms with E-state index in [-0.39, 0.29) is 6.79 Å². The summed E-state index contributed by atoms with van der Waals surface area (Å²) in [6, 6.07) is 0. The van der Waals surface area contributed by atoms with Gasteiger partial charge in [0.2, 0.25) is 0 Å². The van der Waals surface area contributed by atoms with Gasteiger partial charge in [-0.15, -0.1) is 0 Å². The van der Waals surface area contributed by atoms with Gasteiger partial charge in [0.1, 0.15) is 0 Å². The van der Waals surface area contributed by atoms with Crippen LogP contribution in [0.2, 0.25) is 0 Å². The molecule has 0 aromatic heterocycles. The number of aliphatic hydroxyl groups is 2. The summed E-state index contributed by atoms with van der Waals surface area (Å²) in [6.07, 6.45) is -1.69. The van der Waals surface area contributed by atoms with Crippen LogP contribution in [0.4, 0.5) is 0 Å². The number of aliphatic hydroxyl groups excluding tert-OH is 2. The van der Waals surface area contributed by atoms with Crippen LogP contribution < -0.4 is 0 Å². The highest BCUT2D eigenvalue weighted by molar-refractivity contribution is 4.20. The first-order valence-electron chi connectivity index (χ1n) is 2.72. The van der Waals surface area contributed by atoms with Gasteiger partial charge in [0, 0.05) is 0 Å². The Labute approximate surface area is 54.0 Å². The van der Waals surface area contributed by atoms with Crippen LogP contribution in [0.5, 0.6) is 0 Å². The Balaban J connectivity index is 2.91. The molecule has 56 valence electrons. The molecule has 0 saturated carbocycles. The second-order valence-corrected chi connectivity index (χ2v) is 1.65. The van der Waals surface area contributed by atoms with Gasteiger partial charge in [-0.2, -0.15) is 0 Å². The molecule has 2 atom stereocenters. The Morgan fingerprint density at radius 3 is 1.67 bits per heavy atom. The second kappa shape index (κ2) is 4.69. The normalized spacial score (nSPS) is 17.3. The lowest BCUT2D eigenvalue weighted by atomic mass is 10.8. The van der Waals surface area contributed by atoms with Gasteiger partial charge in [-0.25, -0.2) is 0 Å². The lowest BCUT2D eigenvalue weighted by Gasteiger charge is -2.08. The van der Waals surface area contributed by atoms with Crippen molar-refractivity contribution in [1.82, 2.24) is 0 Å². The average Bonchev–Trinajstić information content (AvgIpc) is 1.63. The molecule has 9 heavy (non-hydrogen) atoms. The van der Waals surface area contributed by atoms with Crippen molar-refractivity contribution in [3.8, 4) is 0 Å². The molecule has 4 nitrogen and oxygen atoms in total. The Bertz CT molecular complexity index is 54.0. The maximum Gasteiger partial charge on any atom is 0.154 e. The largest absolute Gasteiger partial charge is 0.368 e. The molecule has 0 rings (SSSR count). The summed E-state index contributed by atoms with van der Waals surface area (Å²) in [5.74, 6) is 0. The molecule has 0 spiro atoms. The molecule has 0 heterocycles. The minimum absolute atomic E-state index is 0.0880. The third-order valence-electron chi connectivity index (χ3n) is 0.618. The van der Waals surface area contributed by atoms with E-state index in [2.05, 4.69) is 9.47 Å². The van der Waals surface area contributed by atoms with Gasteiger partial charge in [0.25, 0.3) is 0 Å². The highest BCUT2D eigenvalue weighted by Gasteiger charge is 1.96. The van der Waals surface area contributed by atoms with E-state index >= 15 is 0 Å². The minimum atomic E-state index is -0.844. The fourth-order valence-corrected chi connectivity index (χ4v) is 0.236. The molecule has 0 bridgehead atoms. The van der Waals surface area contributed by atoms with Gasteiger partial charge >= 0.3 is 0 Å². The summed E-state index contributed by atoms with van der Waals surface area (Å²) < 4.78 is 9.05. The van der Waals surface area contributed by atoms with Crippen molar-refractivity contribution >= 4 is 0 Å². The predicted molar refractivity (Wildman–Crippen MR) is 30.4 cm³/mol. The van der Waals surface area contributed by atoms with Crippen LogP contribution in [0.25, 0.3) is 0 Å². The minimum Gasteiger partial charge on any atom is -0.368 e. The van der Waals surface area contributed by atoms with E-state index in [1.54, 1.807) is 0 Å². The topological polar surface area (TPSA) is 58.9 Å². The highest BCUT2D eigenvalue weighted by atomic mass is 16.7. The Kier molecular flexibility index (Phi) is 4.61. The zero-order valence-electron chi connectivity index (χ0n) is 5.57. The van der Waals surface area contributed by atoms with Crippen LogP contribution >= 0.6 is 0 Å². The fourth-order valence-electron chi connectivity index (χ4n) is 0.236. The molecule has 0 aliphatic heterocycles. The van der Waals surface area contributed by atoms with Crippen LogP contribution in [-0.4, -0.2) is 29.6 Å². The molecule has 2 N–H and O–H groups in total. The van der Waals surface area contributed by atoms with Gasteiger partial charge < -0.3 is 19.7 Å². The van der Waals surface area contributed by atoms with Crippen molar-refractivity contribution in [2.24, 2.45) is 0 Å². The van der Waals surface area contributed by atoms with Gasteiger partial charge in [0.15, 0.2) is 19.4 Å². The Morgan fingerprint density at radius 1 is 1.11 bits per heavy atom. The lowest BCUT2D eigenvalue weighted by Crippen LogP contribution is -2.14. The first-order chi connectivity index (χ1) is 4.13. The first-order valence-corrected chi connectivity index (χ1v) is 2.72. The summed E-state index contributed by atoms with van der Waals surface area (Å²) in [5, 5.41) is 17.0. The van der Waals surface area contributed by atoms with Gasteiger partial charge in [-0.1, -0.05) is 0 Å². The number of rotatable bonds is 4. The van der Waals surface area contributed by atoms with Crippen molar-refractivity contribution in [3.63, 3.8) is 0 Å². The standard InChI is InChI=1S/C5H12O4/c1-4(6)8-3-9-5(2)7/h4-7H,3H2,1-2H3. The van der Waals surface area contributed by atoms with Crippen molar-refractivity contribution in [1.29, 1.82) is 0 Å². The van der Waals surface area contributed by atoms with E-state index in [0.717, 1.165) is 0 Å². The van der Waals surface area contributed by atoms with E-state index in [1.807, 2.05) is 0 Å². The SMILES string of the molecule is CC(O)OCOC(C)O. The molecule has 0 radical (unpaired) electrons. The quantitative estimate of drug-likeness (QED) is 0.519. The third kappa shape index (κ3) is 7.84. The maximum absolute atomic E-state index is 8.48. The third-order valence-corrected chi connectivity index (χ3v) is 0.618. The van der Waals surface area contributed by atoms with Crippen LogP contribution in [0.3, 0.4) is 0 Å². The Hall–Kier alpha value is -0.160. The smallest absolute Gasteiger partial charge is 0.154 e. The van der Waals surface area contributed by atoms with E-state index in [9.17, 15) is 0 Å². The molecule has 0 aromatic carbocycles. The van der Waals surface area contributed by atoms with Crippen LogP contribution in [0.1, 0.15) is 13.8 Å². The van der Waals surface area contributed by atoms with Gasteiger partial charge in [0.05, 0.1) is 0 Å². The lowest BCUT2D eigenvalue weighted by molar-refractivity contribution is -0.210. The molecule has 0 fully saturated rings. The van der Waals surface area contributed by atoms with Crippen molar-refractivity contribution in [2.45, 2.75) is 26.4 Å². The number of hydrogen-bond donors (Lipinski definition) is 2. The molecule has 2 unspecified atom stereocenters. The van der Waals surface area contributed by atoms with Crippen molar-refractivity contribution in [3.05, 3.63) is 0 Å². The van der Waals surface area contributed by atoms with E-state index < -0.39 is 12.6 Å². The zero-order valence-corrected chi connectivity index (χ0v) is 5.57. The van der Waals surface area contributed by atoms with Gasteiger partial charge in [-0.05, 0) is 13.8 Å². The zero-order chi connectivity index (χ0) is 7.28. The number of hydrogen-bond acceptors (Lipinski definition) is 4. The summed E-state index contributed by atoms with van der Waals surface area (Å²) in [6.45, 7) is 2.84. The molecule has 0 aliphatic rings. The van der Waals surface area contributed by atoms with E-state index in [1.165, 1.54) is 13.8 Å². The van der Waals surface area contributed by atoms with Crippen molar-refractivity contribution < 1.29 is 19.7 Å². The molecule has 0 saturated heterocycles.